The summed E-state index contributed by atoms with van der Waals surface area (Å²) < 4.78 is 5.41. The van der Waals surface area contributed by atoms with Crippen LogP contribution in [0.15, 0.2) is 41.5 Å². The molecule has 0 spiro atoms. The van der Waals surface area contributed by atoms with Crippen LogP contribution >= 0.6 is 23.2 Å². The molecule has 2 aromatic carbocycles. The Morgan fingerprint density at radius 3 is 2.77 bits per heavy atom. The molecule has 7 heteroatoms. The van der Waals surface area contributed by atoms with Crippen LogP contribution in [0.4, 0.5) is 5.69 Å². The highest BCUT2D eigenvalue weighted by atomic mass is 35.5. The van der Waals surface area contributed by atoms with Crippen molar-refractivity contribution in [2.45, 2.75) is 45.6 Å². The summed E-state index contributed by atoms with van der Waals surface area (Å²) in [5.41, 5.74) is 6.15. The minimum atomic E-state index is -0.373. The topological polar surface area (TPSA) is 53.9 Å². The van der Waals surface area contributed by atoms with Crippen LogP contribution < -0.4 is 15.1 Å². The lowest BCUT2D eigenvalue weighted by Gasteiger charge is -2.47. The van der Waals surface area contributed by atoms with Crippen molar-refractivity contribution in [1.82, 2.24) is 5.43 Å². The average molecular weight is 448 g/mol. The van der Waals surface area contributed by atoms with Gasteiger partial charge in [-0.25, -0.2) is 5.43 Å². The molecular formula is C23H27Cl2N3O2. The number of benzene rings is 2. The Bertz CT molecular complexity index is 959. The van der Waals surface area contributed by atoms with E-state index in [-0.39, 0.29) is 18.1 Å². The number of hydrazone groups is 1. The first kappa shape index (κ1) is 22.4. The van der Waals surface area contributed by atoms with Crippen molar-refractivity contribution in [2.75, 3.05) is 18.1 Å². The molecule has 1 heterocycles. The van der Waals surface area contributed by atoms with Crippen LogP contribution in [0.25, 0.3) is 0 Å². The van der Waals surface area contributed by atoms with Crippen molar-refractivity contribution < 1.29 is 9.53 Å². The predicted molar refractivity (Wildman–Crippen MR) is 124 cm³/mol. The number of hydrogen-bond donors (Lipinski definition) is 1. The van der Waals surface area contributed by atoms with Gasteiger partial charge in [-0.2, -0.15) is 5.10 Å². The SMILES string of the molecule is CCN1c2ccc(/C=N/NC(=O)COc3ccc(Cl)cc3Cl)cc2[C@H](C)CC1(C)C. The molecule has 1 amide bonds. The minimum Gasteiger partial charge on any atom is -0.482 e. The highest BCUT2D eigenvalue weighted by Crippen LogP contribution is 2.43. The van der Waals surface area contributed by atoms with Gasteiger partial charge in [0.05, 0.1) is 11.2 Å². The first-order valence-electron chi connectivity index (χ1n) is 10.0. The van der Waals surface area contributed by atoms with Gasteiger partial charge in [0.25, 0.3) is 5.91 Å². The van der Waals surface area contributed by atoms with Crippen molar-refractivity contribution in [1.29, 1.82) is 0 Å². The summed E-state index contributed by atoms with van der Waals surface area (Å²) in [7, 11) is 0. The third kappa shape index (κ3) is 5.08. The summed E-state index contributed by atoms with van der Waals surface area (Å²) in [4.78, 5) is 14.4. The van der Waals surface area contributed by atoms with E-state index in [1.54, 1.807) is 24.4 Å². The lowest BCUT2D eigenvalue weighted by atomic mass is 9.79. The van der Waals surface area contributed by atoms with Crippen LogP contribution in [0.5, 0.6) is 5.75 Å². The molecule has 0 aliphatic carbocycles. The zero-order chi connectivity index (χ0) is 21.9. The fourth-order valence-corrected chi connectivity index (χ4v) is 4.60. The minimum absolute atomic E-state index is 0.137. The van der Waals surface area contributed by atoms with Gasteiger partial charge in [-0.05, 0) is 74.6 Å². The van der Waals surface area contributed by atoms with Crippen molar-refractivity contribution in [2.24, 2.45) is 5.10 Å². The molecule has 2 aromatic rings. The number of hydrogen-bond acceptors (Lipinski definition) is 4. The Morgan fingerprint density at radius 1 is 1.30 bits per heavy atom. The Balaban J connectivity index is 1.61. The van der Waals surface area contributed by atoms with Gasteiger partial charge in [0.2, 0.25) is 0 Å². The molecule has 5 nitrogen and oxygen atoms in total. The number of fused-ring (bicyclic) bond motifs is 1. The monoisotopic (exact) mass is 447 g/mol. The standard InChI is InChI=1S/C23H27Cl2N3O2/c1-5-28-20-8-6-16(10-18(20)15(2)12-23(28,3)4)13-26-27-22(29)14-30-21-9-7-17(24)11-19(21)25/h6-11,13,15H,5,12,14H2,1-4H3,(H,27,29)/b26-13+/t15-/m1/s1. The van der Waals surface area contributed by atoms with E-state index in [0.29, 0.717) is 21.7 Å². The number of rotatable bonds is 6. The van der Waals surface area contributed by atoms with Gasteiger partial charge in [0, 0.05) is 22.8 Å². The Labute approximate surface area is 188 Å². The molecule has 1 N–H and O–H groups in total. The second kappa shape index (κ2) is 9.27. The zero-order valence-corrected chi connectivity index (χ0v) is 19.2. The second-order valence-electron chi connectivity index (χ2n) is 8.14. The summed E-state index contributed by atoms with van der Waals surface area (Å²) in [6.45, 7) is 9.80. The summed E-state index contributed by atoms with van der Waals surface area (Å²) in [5, 5.41) is 4.92. The maximum absolute atomic E-state index is 12.0. The summed E-state index contributed by atoms with van der Waals surface area (Å²) >= 11 is 11.9. The van der Waals surface area contributed by atoms with Gasteiger partial charge >= 0.3 is 0 Å². The van der Waals surface area contributed by atoms with Crippen LogP contribution in [-0.4, -0.2) is 30.8 Å². The number of nitrogens with one attached hydrogen (secondary N) is 1. The number of carbonyl (C=O) groups is 1. The van der Waals surface area contributed by atoms with E-state index < -0.39 is 0 Å². The van der Waals surface area contributed by atoms with Crippen molar-refractivity contribution in [3.63, 3.8) is 0 Å². The van der Waals surface area contributed by atoms with E-state index in [4.69, 9.17) is 27.9 Å². The Kier molecular flexibility index (Phi) is 6.94. The number of ether oxygens (including phenoxy) is 1. The van der Waals surface area contributed by atoms with E-state index in [9.17, 15) is 4.79 Å². The van der Waals surface area contributed by atoms with E-state index in [0.717, 1.165) is 18.5 Å². The lowest BCUT2D eigenvalue weighted by Crippen LogP contribution is -2.48. The van der Waals surface area contributed by atoms with Gasteiger partial charge in [-0.1, -0.05) is 36.2 Å². The molecule has 0 aromatic heterocycles. The fourth-order valence-electron chi connectivity index (χ4n) is 4.13. The van der Waals surface area contributed by atoms with Gasteiger partial charge in [0.1, 0.15) is 5.75 Å². The van der Waals surface area contributed by atoms with Gasteiger partial charge < -0.3 is 9.64 Å². The molecular weight excluding hydrogens is 421 g/mol. The Hall–Kier alpha value is -2.24. The highest BCUT2D eigenvalue weighted by Gasteiger charge is 2.35. The number of nitrogens with zero attached hydrogens (tertiary/aromatic N) is 2. The molecule has 30 heavy (non-hydrogen) atoms. The maximum atomic E-state index is 12.0. The fraction of sp³-hybridized carbons (Fsp3) is 0.391. The first-order chi connectivity index (χ1) is 14.2. The average Bonchev–Trinajstić information content (AvgIpc) is 2.67. The molecule has 1 atom stereocenters. The van der Waals surface area contributed by atoms with E-state index in [1.807, 2.05) is 6.07 Å². The normalized spacial score (nSPS) is 17.7. The van der Waals surface area contributed by atoms with Crippen molar-refractivity contribution in [3.05, 3.63) is 57.6 Å². The highest BCUT2D eigenvalue weighted by molar-refractivity contribution is 6.35. The molecule has 3 rings (SSSR count). The molecule has 0 fully saturated rings. The zero-order valence-electron chi connectivity index (χ0n) is 17.7. The quantitative estimate of drug-likeness (QED) is 0.460. The van der Waals surface area contributed by atoms with Crippen LogP contribution in [0.3, 0.4) is 0 Å². The molecule has 1 aliphatic heterocycles. The third-order valence-corrected chi connectivity index (χ3v) is 5.91. The van der Waals surface area contributed by atoms with Crippen LogP contribution in [0.2, 0.25) is 10.0 Å². The van der Waals surface area contributed by atoms with Crippen LogP contribution in [0, 0.1) is 0 Å². The molecule has 0 unspecified atom stereocenters. The molecule has 0 bridgehead atoms. The molecule has 0 saturated heterocycles. The van der Waals surface area contributed by atoms with Crippen molar-refractivity contribution >= 4 is 41.0 Å². The second-order valence-corrected chi connectivity index (χ2v) is 8.98. The largest absolute Gasteiger partial charge is 0.482 e. The molecule has 0 radical (unpaired) electrons. The summed E-state index contributed by atoms with van der Waals surface area (Å²) in [6.07, 6.45) is 2.74. The van der Waals surface area contributed by atoms with Crippen molar-refractivity contribution in [3.8, 4) is 5.75 Å². The maximum Gasteiger partial charge on any atom is 0.277 e. The summed E-state index contributed by atoms with van der Waals surface area (Å²) in [6, 6.07) is 11.2. The third-order valence-electron chi connectivity index (χ3n) is 5.38. The number of anilines is 1. The van der Waals surface area contributed by atoms with E-state index in [2.05, 4.69) is 55.3 Å². The van der Waals surface area contributed by atoms with Crippen LogP contribution in [0.1, 0.15) is 51.2 Å². The predicted octanol–water partition coefficient (Wildman–Crippen LogP) is 5.63. The van der Waals surface area contributed by atoms with Gasteiger partial charge in [-0.3, -0.25) is 4.79 Å². The molecule has 0 saturated carbocycles. The lowest BCUT2D eigenvalue weighted by molar-refractivity contribution is -0.123. The van der Waals surface area contributed by atoms with E-state index in [1.165, 1.54) is 11.3 Å². The number of carbonyl (C=O) groups excluding carboxylic acids is 1. The summed E-state index contributed by atoms with van der Waals surface area (Å²) in [5.74, 6) is 0.480. The number of halogens is 2. The molecule has 160 valence electrons. The number of amides is 1. The first-order valence-corrected chi connectivity index (χ1v) is 10.8. The van der Waals surface area contributed by atoms with E-state index >= 15 is 0 Å². The van der Waals surface area contributed by atoms with Gasteiger partial charge in [0.15, 0.2) is 6.61 Å². The molecule has 1 aliphatic rings. The smallest absolute Gasteiger partial charge is 0.277 e. The van der Waals surface area contributed by atoms with Crippen LogP contribution in [-0.2, 0) is 4.79 Å². The van der Waals surface area contributed by atoms with Gasteiger partial charge in [-0.15, -0.1) is 0 Å². The Morgan fingerprint density at radius 2 is 2.07 bits per heavy atom.